The monoisotopic (exact) mass is 461 g/mol. The van der Waals surface area contributed by atoms with Crippen LogP contribution >= 0.6 is 0 Å². The second kappa shape index (κ2) is 9.08. The van der Waals surface area contributed by atoms with Gasteiger partial charge in [0.2, 0.25) is 0 Å². The van der Waals surface area contributed by atoms with Crippen LogP contribution in [0.5, 0.6) is 0 Å². The molecule has 0 radical (unpaired) electrons. The van der Waals surface area contributed by atoms with Crippen LogP contribution in [0.4, 0.5) is 0 Å². The lowest BCUT2D eigenvalue weighted by atomic mass is 9.92. The van der Waals surface area contributed by atoms with Gasteiger partial charge in [0.15, 0.2) is 0 Å². The van der Waals surface area contributed by atoms with Crippen LogP contribution in [0, 0.1) is 0 Å². The first-order valence-corrected chi connectivity index (χ1v) is 12.3. The van der Waals surface area contributed by atoms with Gasteiger partial charge in [-0.15, -0.1) is 0 Å². The molecule has 2 atom stereocenters. The molecule has 1 N–H and O–H groups in total. The van der Waals surface area contributed by atoms with Gasteiger partial charge in [0.1, 0.15) is 0 Å². The van der Waals surface area contributed by atoms with Crippen molar-refractivity contribution in [3.05, 3.63) is 107 Å². The van der Waals surface area contributed by atoms with Crippen molar-refractivity contribution in [3.63, 3.8) is 0 Å². The first-order valence-electron chi connectivity index (χ1n) is 12.3. The number of hydrogen-bond acceptors (Lipinski definition) is 4. The molecule has 2 heterocycles. The standard InChI is InChI=1S/C30H27N3O2/c34-28-13-7-6-12-27(28)33-19-32-29-24-11-5-4-10-23(24)22(18-25(29)30(33)35)16-20-14-15-31-26(17-20)21-8-2-1-3-9-21/h1-5,8-11,14-15,17-19,27-28,34H,6-7,12-13,16H2/t27-,28-/m0/s1. The van der Waals surface area contributed by atoms with E-state index >= 15 is 0 Å². The Balaban J connectivity index is 1.48. The molecule has 0 spiro atoms. The largest absolute Gasteiger partial charge is 0.391 e. The normalized spacial score (nSPS) is 18.2. The van der Waals surface area contributed by atoms with Crippen LogP contribution in [0.3, 0.4) is 0 Å². The lowest BCUT2D eigenvalue weighted by Gasteiger charge is -2.29. The van der Waals surface area contributed by atoms with Gasteiger partial charge >= 0.3 is 0 Å². The summed E-state index contributed by atoms with van der Waals surface area (Å²) in [4.78, 5) is 22.9. The maximum absolute atomic E-state index is 13.7. The Labute approximate surface area is 203 Å². The topological polar surface area (TPSA) is 68.0 Å². The zero-order chi connectivity index (χ0) is 23.8. The third-order valence-corrected chi connectivity index (χ3v) is 7.22. The van der Waals surface area contributed by atoms with E-state index in [1.807, 2.05) is 54.7 Å². The minimum absolute atomic E-state index is 0.0762. The Morgan fingerprint density at radius 3 is 2.46 bits per heavy atom. The molecule has 0 unspecified atom stereocenters. The highest BCUT2D eigenvalue weighted by Gasteiger charge is 2.26. The lowest BCUT2D eigenvalue weighted by molar-refractivity contribution is 0.0735. The SMILES string of the molecule is O=c1c2cc(Cc3ccnc(-c4ccccc4)c3)c3ccccc3c2ncn1[C@H]1CCCC[C@@H]1O. The Kier molecular flexibility index (Phi) is 5.63. The summed E-state index contributed by atoms with van der Waals surface area (Å²) in [6.45, 7) is 0. The van der Waals surface area contributed by atoms with Gasteiger partial charge < -0.3 is 5.11 Å². The van der Waals surface area contributed by atoms with E-state index in [1.165, 1.54) is 0 Å². The van der Waals surface area contributed by atoms with E-state index in [4.69, 9.17) is 4.98 Å². The lowest BCUT2D eigenvalue weighted by Crippen LogP contribution is -2.34. The second-order valence-corrected chi connectivity index (χ2v) is 9.45. The molecule has 0 bridgehead atoms. The minimum Gasteiger partial charge on any atom is -0.391 e. The fourth-order valence-corrected chi connectivity index (χ4v) is 5.42. The number of pyridine rings is 1. The molecule has 1 fully saturated rings. The van der Waals surface area contributed by atoms with E-state index in [-0.39, 0.29) is 11.6 Å². The van der Waals surface area contributed by atoms with Gasteiger partial charge in [-0.25, -0.2) is 4.98 Å². The first-order chi connectivity index (χ1) is 17.2. The number of aromatic nitrogens is 3. The molecule has 0 saturated heterocycles. The number of fused-ring (bicyclic) bond motifs is 3. The maximum Gasteiger partial charge on any atom is 0.261 e. The summed E-state index contributed by atoms with van der Waals surface area (Å²) < 4.78 is 1.66. The Morgan fingerprint density at radius 2 is 1.63 bits per heavy atom. The highest BCUT2D eigenvalue weighted by molar-refractivity contribution is 6.06. The van der Waals surface area contributed by atoms with E-state index < -0.39 is 6.10 Å². The van der Waals surface area contributed by atoms with Crippen LogP contribution in [0.15, 0.2) is 90.1 Å². The molecule has 6 rings (SSSR count). The molecule has 5 nitrogen and oxygen atoms in total. The van der Waals surface area contributed by atoms with E-state index in [0.717, 1.165) is 64.4 Å². The molecule has 0 amide bonds. The Hall–Kier alpha value is -3.83. The molecule has 2 aromatic heterocycles. The van der Waals surface area contributed by atoms with Crippen LogP contribution < -0.4 is 5.56 Å². The molecule has 1 aliphatic carbocycles. The summed E-state index contributed by atoms with van der Waals surface area (Å²) in [5, 5.41) is 13.2. The van der Waals surface area contributed by atoms with Gasteiger partial charge in [-0.05, 0) is 54.0 Å². The molecule has 174 valence electrons. The molecular formula is C30H27N3O2. The summed E-state index contributed by atoms with van der Waals surface area (Å²) >= 11 is 0. The van der Waals surface area contributed by atoms with Crippen LogP contribution in [0.1, 0.15) is 42.9 Å². The third kappa shape index (κ3) is 4.02. The molecular weight excluding hydrogens is 434 g/mol. The number of aliphatic hydroxyl groups is 1. The van der Waals surface area contributed by atoms with Gasteiger partial charge in [-0.1, -0.05) is 67.4 Å². The van der Waals surface area contributed by atoms with Crippen molar-refractivity contribution in [2.24, 2.45) is 0 Å². The summed E-state index contributed by atoms with van der Waals surface area (Å²) in [6, 6.07) is 24.2. The number of nitrogens with zero attached hydrogens (tertiary/aromatic N) is 3. The second-order valence-electron chi connectivity index (χ2n) is 9.45. The highest BCUT2D eigenvalue weighted by atomic mass is 16.3. The quantitative estimate of drug-likeness (QED) is 0.350. The Morgan fingerprint density at radius 1 is 0.857 bits per heavy atom. The summed E-state index contributed by atoms with van der Waals surface area (Å²) in [7, 11) is 0. The average molecular weight is 462 g/mol. The van der Waals surface area contributed by atoms with Gasteiger partial charge in [-0.3, -0.25) is 14.3 Å². The van der Waals surface area contributed by atoms with Crippen LogP contribution in [0.2, 0.25) is 0 Å². The molecule has 1 saturated carbocycles. The van der Waals surface area contributed by atoms with Crippen molar-refractivity contribution in [3.8, 4) is 11.3 Å². The van der Waals surface area contributed by atoms with Crippen molar-refractivity contribution in [2.45, 2.75) is 44.2 Å². The fraction of sp³-hybridized carbons (Fsp3) is 0.233. The van der Waals surface area contributed by atoms with Gasteiger partial charge in [-0.2, -0.15) is 0 Å². The number of rotatable bonds is 4. The summed E-state index contributed by atoms with van der Waals surface area (Å²) in [5.74, 6) is 0. The molecule has 0 aliphatic heterocycles. The summed E-state index contributed by atoms with van der Waals surface area (Å²) in [6.07, 6.45) is 7.19. The molecule has 35 heavy (non-hydrogen) atoms. The predicted octanol–water partition coefficient (Wildman–Crippen LogP) is 5.68. The Bertz CT molecular complexity index is 1580. The zero-order valence-corrected chi connectivity index (χ0v) is 19.5. The fourth-order valence-electron chi connectivity index (χ4n) is 5.42. The van der Waals surface area contributed by atoms with Crippen molar-refractivity contribution >= 4 is 21.7 Å². The number of aliphatic hydroxyl groups excluding tert-OH is 1. The predicted molar refractivity (Wildman–Crippen MR) is 139 cm³/mol. The van der Waals surface area contributed by atoms with Crippen LogP contribution in [-0.4, -0.2) is 25.7 Å². The van der Waals surface area contributed by atoms with E-state index in [0.29, 0.717) is 11.8 Å². The maximum atomic E-state index is 13.7. The van der Waals surface area contributed by atoms with Crippen LogP contribution in [-0.2, 0) is 6.42 Å². The van der Waals surface area contributed by atoms with Crippen molar-refractivity contribution in [2.75, 3.05) is 0 Å². The number of benzene rings is 3. The van der Waals surface area contributed by atoms with Gasteiger partial charge in [0, 0.05) is 17.1 Å². The molecule has 5 heteroatoms. The third-order valence-electron chi connectivity index (χ3n) is 7.22. The zero-order valence-electron chi connectivity index (χ0n) is 19.5. The first kappa shape index (κ1) is 21.7. The minimum atomic E-state index is -0.506. The summed E-state index contributed by atoms with van der Waals surface area (Å²) in [5.41, 5.74) is 4.87. The molecule has 1 aliphatic rings. The average Bonchev–Trinajstić information content (AvgIpc) is 2.91. The smallest absolute Gasteiger partial charge is 0.261 e. The molecule has 3 aromatic carbocycles. The van der Waals surface area contributed by atoms with E-state index in [9.17, 15) is 9.90 Å². The van der Waals surface area contributed by atoms with E-state index in [1.54, 1.807) is 10.9 Å². The molecule has 5 aromatic rings. The van der Waals surface area contributed by atoms with Gasteiger partial charge in [0.05, 0.1) is 35.1 Å². The van der Waals surface area contributed by atoms with Crippen molar-refractivity contribution < 1.29 is 5.11 Å². The van der Waals surface area contributed by atoms with Crippen molar-refractivity contribution in [1.82, 2.24) is 14.5 Å². The highest BCUT2D eigenvalue weighted by Crippen LogP contribution is 2.31. The van der Waals surface area contributed by atoms with E-state index in [2.05, 4.69) is 29.2 Å². The van der Waals surface area contributed by atoms with Gasteiger partial charge in [0.25, 0.3) is 5.56 Å². The van der Waals surface area contributed by atoms with Crippen LogP contribution in [0.25, 0.3) is 32.9 Å². The van der Waals surface area contributed by atoms with Crippen molar-refractivity contribution in [1.29, 1.82) is 0 Å². The number of hydrogen-bond donors (Lipinski definition) is 1.